The maximum Gasteiger partial charge on any atom is 0.274 e. The van der Waals surface area contributed by atoms with Crippen molar-refractivity contribution in [3.05, 3.63) is 95.6 Å². The Balaban J connectivity index is 1.63. The fourth-order valence-electron chi connectivity index (χ4n) is 3.45. The zero-order valence-corrected chi connectivity index (χ0v) is 18.6. The van der Waals surface area contributed by atoms with E-state index in [0.29, 0.717) is 35.7 Å². The summed E-state index contributed by atoms with van der Waals surface area (Å²) in [5.74, 6) is -0.258. The van der Waals surface area contributed by atoms with Crippen LogP contribution in [0.15, 0.2) is 83.9 Å². The number of carbonyl (C=O) groups excluding carboxylic acids is 1. The average molecular weight is 443 g/mol. The molecule has 1 aromatic heterocycles. The number of fused-ring (bicyclic) bond motifs is 1. The summed E-state index contributed by atoms with van der Waals surface area (Å²) in [5.41, 5.74) is 6.54. The highest BCUT2D eigenvalue weighted by Gasteiger charge is 2.18. The molecule has 0 saturated heterocycles. The predicted molar refractivity (Wildman–Crippen MR) is 130 cm³/mol. The van der Waals surface area contributed by atoms with Crippen LogP contribution in [0.4, 0.5) is 5.69 Å². The molecule has 1 amide bonds. The second-order valence-corrected chi connectivity index (χ2v) is 7.85. The number of aromatic nitrogens is 1. The van der Waals surface area contributed by atoms with Crippen LogP contribution in [0.2, 0.25) is 0 Å². The number of nitrogens with zero attached hydrogens (tertiary/aromatic N) is 2. The zero-order chi connectivity index (χ0) is 23.2. The smallest absolute Gasteiger partial charge is 0.274 e. The lowest BCUT2D eigenvalue weighted by molar-refractivity contribution is 0.0263. The first-order chi connectivity index (χ1) is 16.0. The molecule has 0 aliphatic heterocycles. The number of hydrogen-bond acceptors (Lipinski definition) is 5. The molecule has 0 aliphatic carbocycles. The number of aromatic hydroxyl groups is 1. The fourth-order valence-corrected chi connectivity index (χ4v) is 3.45. The van der Waals surface area contributed by atoms with E-state index in [2.05, 4.69) is 10.5 Å². The van der Waals surface area contributed by atoms with Crippen molar-refractivity contribution in [3.8, 4) is 5.88 Å². The monoisotopic (exact) mass is 442 g/mol. The van der Waals surface area contributed by atoms with Gasteiger partial charge in [-0.1, -0.05) is 48.5 Å². The van der Waals surface area contributed by atoms with Gasteiger partial charge in [0, 0.05) is 28.6 Å². The van der Waals surface area contributed by atoms with Crippen molar-refractivity contribution in [1.82, 2.24) is 15.4 Å². The summed E-state index contributed by atoms with van der Waals surface area (Å²) < 4.78 is 0. The van der Waals surface area contributed by atoms with Crippen LogP contribution in [0.1, 0.15) is 21.5 Å². The van der Waals surface area contributed by atoms with Crippen LogP contribution in [0.3, 0.4) is 0 Å². The Morgan fingerprint density at radius 1 is 0.970 bits per heavy atom. The van der Waals surface area contributed by atoms with E-state index in [-0.39, 0.29) is 11.8 Å². The Morgan fingerprint density at radius 2 is 1.67 bits per heavy atom. The number of aliphatic imine (C=N–C) groups is 1. The second-order valence-electron chi connectivity index (χ2n) is 7.85. The molecule has 0 bridgehead atoms. The van der Waals surface area contributed by atoms with Crippen LogP contribution in [0.25, 0.3) is 10.9 Å². The molecule has 33 heavy (non-hydrogen) atoms. The molecule has 7 nitrogen and oxygen atoms in total. The SMILES string of the molecule is CN(C)CCONC(=O)c1ccc(N=C(c2ccccc2)c2c(O)[nH]c3ccccc23)cc1. The predicted octanol–water partition coefficient (Wildman–Crippen LogP) is 4.27. The standard InChI is InChI=1S/C26H26N4O3/c1-30(2)16-17-33-29-25(31)19-12-14-20(15-13-19)27-24(18-8-4-3-5-9-18)23-21-10-6-7-11-22(21)28-26(23)32/h3-15,28,32H,16-17H2,1-2H3,(H,29,31). The van der Waals surface area contributed by atoms with Crippen molar-refractivity contribution < 1.29 is 14.7 Å². The molecule has 3 aromatic carbocycles. The number of hydrogen-bond donors (Lipinski definition) is 3. The van der Waals surface area contributed by atoms with Gasteiger partial charge in [0.25, 0.3) is 5.91 Å². The summed E-state index contributed by atoms with van der Waals surface area (Å²) in [6.07, 6.45) is 0. The molecule has 4 aromatic rings. The second kappa shape index (κ2) is 10.1. The van der Waals surface area contributed by atoms with Gasteiger partial charge in [-0.3, -0.25) is 9.63 Å². The number of aromatic amines is 1. The van der Waals surface area contributed by atoms with E-state index in [4.69, 9.17) is 9.83 Å². The van der Waals surface area contributed by atoms with E-state index in [0.717, 1.165) is 16.5 Å². The third kappa shape index (κ3) is 5.28. The molecule has 4 rings (SSSR count). The maximum atomic E-state index is 12.3. The fraction of sp³-hybridized carbons (Fsp3) is 0.154. The first-order valence-electron chi connectivity index (χ1n) is 10.6. The van der Waals surface area contributed by atoms with Gasteiger partial charge < -0.3 is 15.0 Å². The number of likely N-dealkylation sites (N-methyl/N-ethyl adjacent to an activating group) is 1. The highest BCUT2D eigenvalue weighted by Crippen LogP contribution is 2.31. The minimum Gasteiger partial charge on any atom is -0.494 e. The van der Waals surface area contributed by atoms with E-state index in [9.17, 15) is 9.90 Å². The van der Waals surface area contributed by atoms with Crippen LogP contribution >= 0.6 is 0 Å². The molecular formula is C26H26N4O3. The Hall–Kier alpha value is -3.94. The lowest BCUT2D eigenvalue weighted by Crippen LogP contribution is -2.28. The molecule has 0 fully saturated rings. The first kappa shape index (κ1) is 22.3. The Labute approximate surface area is 192 Å². The van der Waals surface area contributed by atoms with Crippen LogP contribution in [0.5, 0.6) is 5.88 Å². The lowest BCUT2D eigenvalue weighted by atomic mass is 10.0. The van der Waals surface area contributed by atoms with Crippen molar-refractivity contribution in [2.45, 2.75) is 0 Å². The number of nitrogens with one attached hydrogen (secondary N) is 2. The third-order valence-electron chi connectivity index (χ3n) is 5.15. The van der Waals surface area contributed by atoms with E-state index in [1.165, 1.54) is 0 Å². The Kier molecular flexibility index (Phi) is 6.83. The summed E-state index contributed by atoms with van der Waals surface area (Å²) in [6, 6.07) is 24.3. The van der Waals surface area contributed by atoms with Gasteiger partial charge in [-0.2, -0.15) is 0 Å². The molecule has 0 atom stereocenters. The summed E-state index contributed by atoms with van der Waals surface area (Å²) >= 11 is 0. The third-order valence-corrected chi connectivity index (χ3v) is 5.15. The van der Waals surface area contributed by atoms with Gasteiger partial charge in [-0.05, 0) is 44.4 Å². The highest BCUT2D eigenvalue weighted by atomic mass is 16.6. The summed E-state index contributed by atoms with van der Waals surface area (Å²) in [5, 5.41) is 11.6. The topological polar surface area (TPSA) is 89.9 Å². The summed E-state index contributed by atoms with van der Waals surface area (Å²) in [7, 11) is 3.87. The molecule has 3 N–H and O–H groups in total. The molecular weight excluding hydrogens is 416 g/mol. The van der Waals surface area contributed by atoms with Crippen molar-refractivity contribution in [2.24, 2.45) is 4.99 Å². The zero-order valence-electron chi connectivity index (χ0n) is 18.6. The van der Waals surface area contributed by atoms with Crippen LogP contribution in [-0.4, -0.2) is 53.9 Å². The van der Waals surface area contributed by atoms with Crippen molar-refractivity contribution in [2.75, 3.05) is 27.2 Å². The first-order valence-corrected chi connectivity index (χ1v) is 10.6. The number of hydroxylamine groups is 1. The number of carbonyl (C=O) groups is 1. The van der Waals surface area contributed by atoms with Gasteiger partial charge in [0.1, 0.15) is 0 Å². The highest BCUT2D eigenvalue weighted by molar-refractivity contribution is 6.21. The average Bonchev–Trinajstić information content (AvgIpc) is 3.16. The molecule has 7 heteroatoms. The van der Waals surface area contributed by atoms with Gasteiger partial charge in [0.05, 0.1) is 23.6 Å². The molecule has 0 spiro atoms. The van der Waals surface area contributed by atoms with Crippen LogP contribution in [-0.2, 0) is 4.84 Å². The molecule has 0 unspecified atom stereocenters. The number of amides is 1. The van der Waals surface area contributed by atoms with Crippen molar-refractivity contribution in [3.63, 3.8) is 0 Å². The number of benzene rings is 3. The summed E-state index contributed by atoms with van der Waals surface area (Å²) in [6.45, 7) is 1.10. The quantitative estimate of drug-likeness (QED) is 0.216. The van der Waals surface area contributed by atoms with E-state index < -0.39 is 0 Å². The van der Waals surface area contributed by atoms with Gasteiger partial charge in [0.15, 0.2) is 5.88 Å². The molecule has 0 radical (unpaired) electrons. The van der Waals surface area contributed by atoms with E-state index in [1.807, 2.05) is 73.6 Å². The van der Waals surface area contributed by atoms with Crippen LogP contribution in [0, 0.1) is 0 Å². The lowest BCUT2D eigenvalue weighted by Gasteiger charge is -2.10. The van der Waals surface area contributed by atoms with Crippen molar-refractivity contribution in [1.29, 1.82) is 0 Å². The molecule has 1 heterocycles. The Bertz CT molecular complexity index is 1260. The normalized spacial score (nSPS) is 11.8. The Morgan fingerprint density at radius 3 is 2.39 bits per heavy atom. The van der Waals surface area contributed by atoms with Gasteiger partial charge in [-0.15, -0.1) is 0 Å². The van der Waals surface area contributed by atoms with Crippen LogP contribution < -0.4 is 5.48 Å². The minimum atomic E-state index is -0.318. The van der Waals surface area contributed by atoms with Crippen molar-refractivity contribution >= 4 is 28.2 Å². The molecule has 0 saturated carbocycles. The van der Waals surface area contributed by atoms with E-state index >= 15 is 0 Å². The largest absolute Gasteiger partial charge is 0.494 e. The van der Waals surface area contributed by atoms with Gasteiger partial charge in [-0.25, -0.2) is 10.5 Å². The molecule has 168 valence electrons. The minimum absolute atomic E-state index is 0.0599. The maximum absolute atomic E-state index is 12.3. The van der Waals surface area contributed by atoms with E-state index in [1.54, 1.807) is 24.3 Å². The number of para-hydroxylation sites is 1. The molecule has 0 aliphatic rings. The summed E-state index contributed by atoms with van der Waals surface area (Å²) in [4.78, 5) is 27.4. The van der Waals surface area contributed by atoms with Gasteiger partial charge in [0.2, 0.25) is 0 Å². The van der Waals surface area contributed by atoms with Gasteiger partial charge >= 0.3 is 0 Å². The number of rotatable bonds is 8. The number of H-pyrrole nitrogens is 1.